The summed E-state index contributed by atoms with van der Waals surface area (Å²) in [7, 11) is 1.83. The molecule has 1 heterocycles. The minimum Gasteiger partial charge on any atom is -0.508 e. The maximum Gasteiger partial charge on any atom is 0.235 e. The Morgan fingerprint density at radius 1 is 1.40 bits per heavy atom. The Labute approximate surface area is 93.1 Å². The van der Waals surface area contributed by atoms with Gasteiger partial charge >= 0.3 is 0 Å². The zero-order valence-corrected chi connectivity index (χ0v) is 9.33. The van der Waals surface area contributed by atoms with E-state index < -0.39 is 0 Å². The Kier molecular flexibility index (Phi) is 2.86. The molecule has 0 saturated carbocycles. The quantitative estimate of drug-likeness (QED) is 0.830. The minimum absolute atomic E-state index is 0.0412. The van der Waals surface area contributed by atoms with Gasteiger partial charge in [0.05, 0.1) is 5.25 Å². The number of hydrogen-bond donors (Lipinski definition) is 1. The number of likely N-dealkylation sites (tertiary alicyclic amines) is 1. The SMILES string of the molecule is CN1CCC(Sc2ccc(O)cc2)C1=O. The molecule has 1 aliphatic rings. The summed E-state index contributed by atoms with van der Waals surface area (Å²) in [6, 6.07) is 6.97. The summed E-state index contributed by atoms with van der Waals surface area (Å²) >= 11 is 1.57. The van der Waals surface area contributed by atoms with Crippen LogP contribution in [0.4, 0.5) is 0 Å². The van der Waals surface area contributed by atoms with Crippen molar-refractivity contribution in [3.8, 4) is 5.75 Å². The highest BCUT2D eigenvalue weighted by molar-refractivity contribution is 8.00. The van der Waals surface area contributed by atoms with Crippen molar-refractivity contribution in [3.05, 3.63) is 24.3 Å². The van der Waals surface area contributed by atoms with Crippen LogP contribution < -0.4 is 0 Å². The van der Waals surface area contributed by atoms with Crippen LogP contribution in [-0.4, -0.2) is 34.8 Å². The Morgan fingerprint density at radius 3 is 2.60 bits per heavy atom. The van der Waals surface area contributed by atoms with Gasteiger partial charge in [-0.1, -0.05) is 0 Å². The second kappa shape index (κ2) is 4.14. The summed E-state index contributed by atoms with van der Waals surface area (Å²) < 4.78 is 0. The van der Waals surface area contributed by atoms with Gasteiger partial charge in [0, 0.05) is 18.5 Å². The third-order valence-electron chi connectivity index (χ3n) is 2.49. The lowest BCUT2D eigenvalue weighted by atomic mass is 10.3. The largest absolute Gasteiger partial charge is 0.508 e. The highest BCUT2D eigenvalue weighted by atomic mass is 32.2. The standard InChI is InChI=1S/C11H13NO2S/c1-12-7-6-10(11(12)14)15-9-4-2-8(13)3-5-9/h2-5,10,13H,6-7H2,1H3. The number of thioether (sulfide) groups is 1. The van der Waals surface area contributed by atoms with E-state index in [9.17, 15) is 4.79 Å². The maximum atomic E-state index is 11.6. The van der Waals surface area contributed by atoms with Crippen molar-refractivity contribution in [3.63, 3.8) is 0 Å². The van der Waals surface area contributed by atoms with Gasteiger partial charge in [0.2, 0.25) is 5.91 Å². The summed E-state index contributed by atoms with van der Waals surface area (Å²) in [5, 5.41) is 9.17. The topological polar surface area (TPSA) is 40.5 Å². The number of hydrogen-bond acceptors (Lipinski definition) is 3. The van der Waals surface area contributed by atoms with Gasteiger partial charge in [-0.05, 0) is 30.7 Å². The lowest BCUT2D eigenvalue weighted by Crippen LogP contribution is -2.23. The van der Waals surface area contributed by atoms with Gasteiger partial charge in [0.15, 0.2) is 0 Å². The zero-order chi connectivity index (χ0) is 10.8. The molecule has 1 saturated heterocycles. The first kappa shape index (κ1) is 10.4. The molecule has 1 aliphatic heterocycles. The van der Waals surface area contributed by atoms with Crippen LogP contribution in [0.2, 0.25) is 0 Å². The highest BCUT2D eigenvalue weighted by Crippen LogP contribution is 2.30. The number of amides is 1. The van der Waals surface area contributed by atoms with E-state index in [1.165, 1.54) is 0 Å². The van der Waals surface area contributed by atoms with Crippen molar-refractivity contribution in [2.24, 2.45) is 0 Å². The van der Waals surface area contributed by atoms with Gasteiger partial charge in [-0.15, -0.1) is 11.8 Å². The van der Waals surface area contributed by atoms with Gasteiger partial charge in [-0.3, -0.25) is 4.79 Å². The fraction of sp³-hybridized carbons (Fsp3) is 0.364. The number of benzene rings is 1. The minimum atomic E-state index is 0.0412. The van der Waals surface area contributed by atoms with Crippen LogP contribution in [0, 0.1) is 0 Å². The lowest BCUT2D eigenvalue weighted by Gasteiger charge is -2.09. The molecule has 0 radical (unpaired) electrons. The monoisotopic (exact) mass is 223 g/mol. The first-order valence-corrected chi connectivity index (χ1v) is 5.75. The van der Waals surface area contributed by atoms with E-state index in [-0.39, 0.29) is 16.9 Å². The predicted octanol–water partition coefficient (Wildman–Crippen LogP) is 1.71. The second-order valence-electron chi connectivity index (χ2n) is 3.65. The molecule has 1 amide bonds. The molecule has 0 bridgehead atoms. The smallest absolute Gasteiger partial charge is 0.235 e. The molecule has 4 heteroatoms. The Bertz CT molecular complexity index is 363. The van der Waals surface area contributed by atoms with E-state index in [2.05, 4.69) is 0 Å². The van der Waals surface area contributed by atoms with Gasteiger partial charge in [-0.2, -0.15) is 0 Å². The van der Waals surface area contributed by atoms with Crippen molar-refractivity contribution >= 4 is 17.7 Å². The van der Waals surface area contributed by atoms with Crippen molar-refractivity contribution in [2.75, 3.05) is 13.6 Å². The second-order valence-corrected chi connectivity index (χ2v) is 4.93. The van der Waals surface area contributed by atoms with Crippen molar-refractivity contribution in [2.45, 2.75) is 16.6 Å². The number of carbonyl (C=O) groups is 1. The fourth-order valence-corrected chi connectivity index (χ4v) is 2.71. The van der Waals surface area contributed by atoms with Crippen LogP contribution in [0.1, 0.15) is 6.42 Å². The van der Waals surface area contributed by atoms with Crippen LogP contribution in [-0.2, 0) is 4.79 Å². The summed E-state index contributed by atoms with van der Waals surface area (Å²) in [6.07, 6.45) is 0.904. The first-order chi connectivity index (χ1) is 7.16. The van der Waals surface area contributed by atoms with E-state index >= 15 is 0 Å². The molecule has 80 valence electrons. The normalized spacial score (nSPS) is 21.0. The Balaban J connectivity index is 2.03. The van der Waals surface area contributed by atoms with Crippen LogP contribution in [0.15, 0.2) is 29.2 Å². The Hall–Kier alpha value is -1.16. The molecule has 2 rings (SSSR count). The van der Waals surface area contributed by atoms with Gasteiger partial charge in [0.1, 0.15) is 5.75 Å². The Morgan fingerprint density at radius 2 is 2.07 bits per heavy atom. The van der Waals surface area contributed by atoms with Crippen molar-refractivity contribution in [1.29, 1.82) is 0 Å². The molecule has 3 nitrogen and oxygen atoms in total. The van der Waals surface area contributed by atoms with Crippen LogP contribution in [0.3, 0.4) is 0 Å². The third-order valence-corrected chi connectivity index (χ3v) is 3.76. The van der Waals surface area contributed by atoms with E-state index in [0.29, 0.717) is 0 Å². The van der Waals surface area contributed by atoms with Crippen molar-refractivity contribution < 1.29 is 9.90 Å². The predicted molar refractivity (Wildman–Crippen MR) is 60.0 cm³/mol. The van der Waals surface area contributed by atoms with Gasteiger partial charge in [0.25, 0.3) is 0 Å². The first-order valence-electron chi connectivity index (χ1n) is 4.87. The van der Waals surface area contributed by atoms with E-state index in [0.717, 1.165) is 17.9 Å². The number of carbonyl (C=O) groups excluding carboxylic acids is 1. The molecular weight excluding hydrogens is 210 g/mol. The molecule has 0 aromatic heterocycles. The lowest BCUT2D eigenvalue weighted by molar-refractivity contribution is -0.126. The van der Waals surface area contributed by atoms with Crippen molar-refractivity contribution in [1.82, 2.24) is 4.90 Å². The molecule has 1 fully saturated rings. The van der Waals surface area contributed by atoms with E-state index in [1.54, 1.807) is 28.8 Å². The molecule has 1 unspecified atom stereocenters. The van der Waals surface area contributed by atoms with Crippen LogP contribution >= 0.6 is 11.8 Å². The molecule has 1 aromatic rings. The maximum absolute atomic E-state index is 11.6. The summed E-state index contributed by atoms with van der Waals surface area (Å²) in [4.78, 5) is 14.4. The fourth-order valence-electron chi connectivity index (χ4n) is 1.59. The van der Waals surface area contributed by atoms with Crippen LogP contribution in [0.5, 0.6) is 5.75 Å². The number of nitrogens with zero attached hydrogens (tertiary/aromatic N) is 1. The molecule has 1 atom stereocenters. The molecule has 0 spiro atoms. The van der Waals surface area contributed by atoms with Crippen LogP contribution in [0.25, 0.3) is 0 Å². The summed E-state index contributed by atoms with van der Waals surface area (Å²) in [5.74, 6) is 0.460. The summed E-state index contributed by atoms with van der Waals surface area (Å²) in [5.41, 5.74) is 0. The average molecular weight is 223 g/mol. The van der Waals surface area contributed by atoms with E-state index in [4.69, 9.17) is 5.11 Å². The summed E-state index contributed by atoms with van der Waals surface area (Å²) in [6.45, 7) is 0.842. The van der Waals surface area contributed by atoms with Gasteiger partial charge in [-0.25, -0.2) is 0 Å². The number of phenolic OH excluding ortho intramolecular Hbond substituents is 1. The molecule has 15 heavy (non-hydrogen) atoms. The number of aromatic hydroxyl groups is 1. The third kappa shape index (κ3) is 2.26. The molecular formula is C11H13NO2S. The zero-order valence-electron chi connectivity index (χ0n) is 8.51. The van der Waals surface area contributed by atoms with E-state index in [1.807, 2.05) is 19.2 Å². The molecule has 0 aliphatic carbocycles. The number of rotatable bonds is 2. The van der Waals surface area contributed by atoms with Gasteiger partial charge < -0.3 is 10.0 Å². The molecule has 1 N–H and O–H groups in total. The average Bonchev–Trinajstić information content (AvgIpc) is 2.53. The number of phenols is 1. The molecule has 1 aromatic carbocycles. The highest BCUT2D eigenvalue weighted by Gasteiger charge is 2.29.